The lowest BCUT2D eigenvalue weighted by Gasteiger charge is -2.23. The van der Waals surface area contributed by atoms with Crippen molar-refractivity contribution in [2.24, 2.45) is 4.99 Å². The third-order valence-corrected chi connectivity index (χ3v) is 5.39. The van der Waals surface area contributed by atoms with Crippen molar-refractivity contribution in [3.63, 3.8) is 0 Å². The van der Waals surface area contributed by atoms with E-state index in [0.717, 1.165) is 77.7 Å². The number of rotatable bonds is 8. The maximum atomic E-state index is 4.29. The number of allylic oxidation sites excluding steroid dienone is 2. The molecule has 0 atom stereocenters. The van der Waals surface area contributed by atoms with Gasteiger partial charge in [-0.3, -0.25) is 9.89 Å². The van der Waals surface area contributed by atoms with Gasteiger partial charge in [-0.1, -0.05) is 43.0 Å². The molecule has 1 aliphatic heterocycles. The number of nitrogens with one attached hydrogen (secondary N) is 4. The standard InChI is InChI=1S/C25H42N6/c1-3-4-7-25(26-2)21-30-20-23-8-10-24(11-9-23)22-31-18-6-14-28-16-15-27-12-5-13-29-17-19-31/h3-4,7-11,27-30H,1,5-6,12-22H2,2H3/b7-4-,26-25?. The maximum absolute atomic E-state index is 4.29. The largest absolute Gasteiger partial charge is 0.315 e. The number of benzene rings is 1. The Balaban J connectivity index is 1.78. The van der Waals surface area contributed by atoms with Crippen molar-refractivity contribution in [1.82, 2.24) is 26.2 Å². The summed E-state index contributed by atoms with van der Waals surface area (Å²) in [5.41, 5.74) is 3.71. The van der Waals surface area contributed by atoms with Crippen LogP contribution in [-0.4, -0.2) is 76.6 Å². The predicted octanol–water partition coefficient (Wildman–Crippen LogP) is 1.95. The van der Waals surface area contributed by atoms with Gasteiger partial charge >= 0.3 is 0 Å². The molecule has 172 valence electrons. The molecule has 0 saturated carbocycles. The summed E-state index contributed by atoms with van der Waals surface area (Å²) < 4.78 is 0. The molecule has 1 aromatic carbocycles. The quantitative estimate of drug-likeness (QED) is 0.378. The third-order valence-electron chi connectivity index (χ3n) is 5.39. The van der Waals surface area contributed by atoms with Crippen molar-refractivity contribution in [2.45, 2.75) is 25.9 Å². The number of nitrogens with zero attached hydrogens (tertiary/aromatic N) is 2. The lowest BCUT2D eigenvalue weighted by molar-refractivity contribution is 0.260. The normalized spacial score (nSPS) is 18.7. The van der Waals surface area contributed by atoms with Gasteiger partial charge in [0.2, 0.25) is 0 Å². The van der Waals surface area contributed by atoms with E-state index in [1.807, 2.05) is 19.2 Å². The number of hydrogen-bond donors (Lipinski definition) is 4. The highest BCUT2D eigenvalue weighted by Gasteiger charge is 2.07. The SMILES string of the molecule is C=C/C=C\C(CNCc1ccc(CN2CCCNCCNCCCNCC2)cc1)=NC. The first-order chi connectivity index (χ1) is 15.3. The molecule has 0 aliphatic carbocycles. The highest BCUT2D eigenvalue weighted by atomic mass is 15.1. The van der Waals surface area contributed by atoms with Crippen molar-refractivity contribution >= 4 is 5.71 Å². The minimum Gasteiger partial charge on any atom is -0.315 e. The van der Waals surface area contributed by atoms with E-state index in [2.05, 4.69) is 62.0 Å². The van der Waals surface area contributed by atoms with Crippen molar-refractivity contribution in [3.8, 4) is 0 Å². The molecule has 1 aliphatic rings. The van der Waals surface area contributed by atoms with Crippen LogP contribution in [-0.2, 0) is 13.1 Å². The second kappa shape index (κ2) is 16.8. The molecule has 4 N–H and O–H groups in total. The average Bonchev–Trinajstić information content (AvgIpc) is 2.79. The molecule has 1 saturated heterocycles. The highest BCUT2D eigenvalue weighted by molar-refractivity contribution is 5.96. The molecule has 0 aromatic heterocycles. The fourth-order valence-corrected chi connectivity index (χ4v) is 3.57. The van der Waals surface area contributed by atoms with E-state index < -0.39 is 0 Å². The van der Waals surface area contributed by atoms with E-state index in [4.69, 9.17) is 0 Å². The molecular formula is C25H42N6. The van der Waals surface area contributed by atoms with Crippen LogP contribution in [0.15, 0.2) is 54.1 Å². The fourth-order valence-electron chi connectivity index (χ4n) is 3.57. The molecule has 1 fully saturated rings. The van der Waals surface area contributed by atoms with Gasteiger partial charge in [0.25, 0.3) is 0 Å². The summed E-state index contributed by atoms with van der Waals surface area (Å²) in [5, 5.41) is 14.1. The van der Waals surface area contributed by atoms with Crippen LogP contribution in [0.1, 0.15) is 24.0 Å². The van der Waals surface area contributed by atoms with E-state index in [1.165, 1.54) is 24.0 Å². The molecule has 31 heavy (non-hydrogen) atoms. The second-order valence-electron chi connectivity index (χ2n) is 7.96. The van der Waals surface area contributed by atoms with Gasteiger partial charge in [0.1, 0.15) is 0 Å². The average molecular weight is 427 g/mol. The number of hydrogen-bond acceptors (Lipinski definition) is 6. The van der Waals surface area contributed by atoms with E-state index in [9.17, 15) is 0 Å². The van der Waals surface area contributed by atoms with E-state index in [0.29, 0.717) is 0 Å². The molecule has 0 spiro atoms. The van der Waals surface area contributed by atoms with Crippen LogP contribution in [0, 0.1) is 0 Å². The van der Waals surface area contributed by atoms with Gasteiger partial charge in [0.15, 0.2) is 0 Å². The highest BCUT2D eigenvalue weighted by Crippen LogP contribution is 2.08. The minimum atomic E-state index is 0.757. The Bertz CT molecular complexity index is 638. The maximum Gasteiger partial charge on any atom is 0.0483 e. The third kappa shape index (κ3) is 12.0. The monoisotopic (exact) mass is 426 g/mol. The Morgan fingerprint density at radius 2 is 1.65 bits per heavy atom. The van der Waals surface area contributed by atoms with Gasteiger partial charge in [-0.15, -0.1) is 0 Å². The summed E-state index contributed by atoms with van der Waals surface area (Å²) in [7, 11) is 1.82. The van der Waals surface area contributed by atoms with Crippen molar-refractivity contribution in [1.29, 1.82) is 0 Å². The van der Waals surface area contributed by atoms with Crippen LogP contribution < -0.4 is 21.3 Å². The summed E-state index contributed by atoms with van der Waals surface area (Å²) in [6, 6.07) is 9.02. The lowest BCUT2D eigenvalue weighted by Crippen LogP contribution is -2.36. The summed E-state index contributed by atoms with van der Waals surface area (Å²) in [6.07, 6.45) is 8.05. The molecule has 0 radical (unpaired) electrons. The second-order valence-corrected chi connectivity index (χ2v) is 7.96. The van der Waals surface area contributed by atoms with Crippen LogP contribution in [0.4, 0.5) is 0 Å². The van der Waals surface area contributed by atoms with Gasteiger partial charge in [0.05, 0.1) is 0 Å². The summed E-state index contributed by atoms with van der Waals surface area (Å²) in [5.74, 6) is 0. The van der Waals surface area contributed by atoms with Crippen molar-refractivity contribution in [2.75, 3.05) is 66.0 Å². The molecular weight excluding hydrogens is 384 g/mol. The summed E-state index contributed by atoms with van der Waals surface area (Å²) in [6.45, 7) is 15.0. The molecule has 6 nitrogen and oxygen atoms in total. The van der Waals surface area contributed by atoms with Crippen LogP contribution in [0.25, 0.3) is 0 Å². The predicted molar refractivity (Wildman–Crippen MR) is 134 cm³/mol. The van der Waals surface area contributed by atoms with E-state index in [-0.39, 0.29) is 0 Å². The molecule has 0 bridgehead atoms. The first kappa shape index (κ1) is 25.4. The molecule has 1 aromatic rings. The Morgan fingerprint density at radius 1 is 0.968 bits per heavy atom. The molecule has 6 heteroatoms. The Labute approximate surface area is 189 Å². The fraction of sp³-hybridized carbons (Fsp3) is 0.560. The van der Waals surface area contributed by atoms with Gasteiger partial charge in [0, 0.05) is 58.6 Å². The van der Waals surface area contributed by atoms with Gasteiger partial charge in [-0.05, 0) is 56.2 Å². The Hall–Kier alpha value is -1.83. The van der Waals surface area contributed by atoms with Crippen LogP contribution in [0.2, 0.25) is 0 Å². The zero-order chi connectivity index (χ0) is 22.0. The molecule has 2 rings (SSSR count). The van der Waals surface area contributed by atoms with E-state index in [1.54, 1.807) is 6.08 Å². The van der Waals surface area contributed by atoms with Gasteiger partial charge in [-0.25, -0.2) is 0 Å². The zero-order valence-corrected chi connectivity index (χ0v) is 19.3. The number of aliphatic imine (C=N–C) groups is 1. The summed E-state index contributed by atoms with van der Waals surface area (Å²) >= 11 is 0. The van der Waals surface area contributed by atoms with Crippen LogP contribution >= 0.6 is 0 Å². The van der Waals surface area contributed by atoms with Crippen molar-refractivity contribution < 1.29 is 0 Å². The smallest absolute Gasteiger partial charge is 0.0483 e. The Kier molecular flexibility index (Phi) is 13.8. The van der Waals surface area contributed by atoms with Crippen molar-refractivity contribution in [3.05, 3.63) is 60.2 Å². The van der Waals surface area contributed by atoms with E-state index >= 15 is 0 Å². The molecule has 0 amide bonds. The topological polar surface area (TPSA) is 63.7 Å². The Morgan fingerprint density at radius 3 is 2.35 bits per heavy atom. The first-order valence-corrected chi connectivity index (χ1v) is 11.7. The lowest BCUT2D eigenvalue weighted by atomic mass is 10.1. The zero-order valence-electron chi connectivity index (χ0n) is 19.3. The van der Waals surface area contributed by atoms with Gasteiger partial charge < -0.3 is 21.3 Å². The van der Waals surface area contributed by atoms with Gasteiger partial charge in [-0.2, -0.15) is 0 Å². The minimum absolute atomic E-state index is 0.757. The van der Waals surface area contributed by atoms with Crippen LogP contribution in [0.5, 0.6) is 0 Å². The first-order valence-electron chi connectivity index (χ1n) is 11.7. The van der Waals surface area contributed by atoms with Crippen LogP contribution in [0.3, 0.4) is 0 Å². The summed E-state index contributed by atoms with van der Waals surface area (Å²) in [4.78, 5) is 6.86. The molecule has 1 heterocycles. The molecule has 0 unspecified atom stereocenters.